The third kappa shape index (κ3) is 2.43. The molecule has 4 nitrogen and oxygen atoms in total. The Labute approximate surface area is 118 Å². The van der Waals surface area contributed by atoms with Crippen LogP contribution in [0.5, 0.6) is 0 Å². The maximum Gasteiger partial charge on any atom is 0.225 e. The number of benzene rings is 1. The number of fused-ring (bicyclic) bond motifs is 1. The van der Waals surface area contributed by atoms with E-state index in [1.165, 1.54) is 0 Å². The van der Waals surface area contributed by atoms with Crippen LogP contribution in [0, 0.1) is 11.8 Å². The van der Waals surface area contributed by atoms with Crippen molar-refractivity contribution in [2.45, 2.75) is 13.5 Å². The first-order valence-corrected chi connectivity index (χ1v) is 7.08. The molecular formula is C16H20N2O2. The van der Waals surface area contributed by atoms with Crippen LogP contribution in [0.4, 0.5) is 0 Å². The summed E-state index contributed by atoms with van der Waals surface area (Å²) in [6.45, 7) is 4.44. The van der Waals surface area contributed by atoms with Crippen LogP contribution < -0.4 is 5.32 Å². The maximum absolute atomic E-state index is 12.4. The number of carbonyl (C=O) groups is 1. The van der Waals surface area contributed by atoms with Crippen LogP contribution in [0.25, 0.3) is 11.0 Å². The predicted octanol–water partition coefficient (Wildman–Crippen LogP) is 2.25. The first kappa shape index (κ1) is 13.2. The van der Waals surface area contributed by atoms with Crippen LogP contribution in [-0.2, 0) is 11.3 Å². The molecule has 1 fully saturated rings. The molecule has 1 aliphatic rings. The van der Waals surface area contributed by atoms with E-state index in [4.69, 9.17) is 4.42 Å². The fourth-order valence-corrected chi connectivity index (χ4v) is 2.64. The third-order valence-electron chi connectivity index (χ3n) is 4.16. The summed E-state index contributed by atoms with van der Waals surface area (Å²) >= 11 is 0. The number of para-hydroxylation sites is 1. The van der Waals surface area contributed by atoms with E-state index in [0.29, 0.717) is 12.5 Å². The number of nitrogens with zero attached hydrogens (tertiary/aromatic N) is 1. The summed E-state index contributed by atoms with van der Waals surface area (Å²) in [5.41, 5.74) is 0.875. The van der Waals surface area contributed by atoms with Crippen LogP contribution in [0.3, 0.4) is 0 Å². The summed E-state index contributed by atoms with van der Waals surface area (Å²) in [4.78, 5) is 14.1. The fraction of sp³-hybridized carbons (Fsp3) is 0.438. The van der Waals surface area contributed by atoms with Gasteiger partial charge in [-0.2, -0.15) is 0 Å². The standard InChI is InChI=1S/C16H20N2O2/c1-11(13-8-17-9-13)16(19)18(2)10-14-7-12-5-3-4-6-15(12)20-14/h3-7,11,13,17H,8-10H2,1-2H3. The van der Waals surface area contributed by atoms with Gasteiger partial charge in [-0.25, -0.2) is 0 Å². The van der Waals surface area contributed by atoms with E-state index in [-0.39, 0.29) is 11.8 Å². The molecule has 0 spiro atoms. The Morgan fingerprint density at radius 3 is 2.85 bits per heavy atom. The Morgan fingerprint density at radius 1 is 1.45 bits per heavy atom. The van der Waals surface area contributed by atoms with Crippen molar-refractivity contribution in [3.8, 4) is 0 Å². The van der Waals surface area contributed by atoms with Gasteiger partial charge >= 0.3 is 0 Å². The molecule has 2 heterocycles. The molecule has 1 aromatic heterocycles. The molecule has 20 heavy (non-hydrogen) atoms. The van der Waals surface area contributed by atoms with Crippen molar-refractivity contribution in [1.29, 1.82) is 0 Å². The lowest BCUT2D eigenvalue weighted by molar-refractivity contribution is -0.136. The van der Waals surface area contributed by atoms with Crippen LogP contribution in [-0.4, -0.2) is 30.9 Å². The SMILES string of the molecule is CC(C(=O)N(C)Cc1cc2ccccc2o1)C1CNC1. The van der Waals surface area contributed by atoms with Crippen molar-refractivity contribution in [3.05, 3.63) is 36.1 Å². The molecule has 1 amide bonds. The average molecular weight is 272 g/mol. The van der Waals surface area contributed by atoms with Gasteiger partial charge in [-0.3, -0.25) is 4.79 Å². The smallest absolute Gasteiger partial charge is 0.225 e. The minimum absolute atomic E-state index is 0.0747. The molecule has 3 rings (SSSR count). The van der Waals surface area contributed by atoms with Gasteiger partial charge in [-0.15, -0.1) is 0 Å². The molecular weight excluding hydrogens is 252 g/mol. The summed E-state index contributed by atoms with van der Waals surface area (Å²) in [6, 6.07) is 9.92. The molecule has 0 aliphatic carbocycles. The van der Waals surface area contributed by atoms with Gasteiger partial charge in [0.25, 0.3) is 0 Å². The quantitative estimate of drug-likeness (QED) is 0.928. The van der Waals surface area contributed by atoms with E-state index in [1.54, 1.807) is 4.90 Å². The first-order valence-electron chi connectivity index (χ1n) is 7.08. The molecule has 2 aromatic rings. The first-order chi connectivity index (χ1) is 9.65. The molecule has 1 N–H and O–H groups in total. The Kier molecular flexibility index (Phi) is 3.49. The summed E-state index contributed by atoms with van der Waals surface area (Å²) in [5, 5.41) is 4.30. The second-order valence-corrected chi connectivity index (χ2v) is 5.65. The minimum atomic E-state index is 0.0747. The lowest BCUT2D eigenvalue weighted by atomic mass is 9.88. The number of rotatable bonds is 4. The van der Waals surface area contributed by atoms with E-state index in [0.717, 1.165) is 29.8 Å². The Balaban J connectivity index is 1.68. The van der Waals surface area contributed by atoms with Gasteiger partial charge in [-0.1, -0.05) is 25.1 Å². The zero-order valence-corrected chi connectivity index (χ0v) is 11.9. The van der Waals surface area contributed by atoms with Crippen molar-refractivity contribution in [1.82, 2.24) is 10.2 Å². The highest BCUT2D eigenvalue weighted by Gasteiger charge is 2.30. The van der Waals surface area contributed by atoms with Gasteiger partial charge in [0.05, 0.1) is 6.54 Å². The summed E-state index contributed by atoms with van der Waals surface area (Å²) < 4.78 is 5.76. The molecule has 1 aromatic carbocycles. The van der Waals surface area contributed by atoms with Crippen molar-refractivity contribution < 1.29 is 9.21 Å². The Morgan fingerprint density at radius 2 is 2.20 bits per heavy atom. The van der Waals surface area contributed by atoms with E-state index in [2.05, 4.69) is 5.32 Å². The molecule has 1 saturated heterocycles. The topological polar surface area (TPSA) is 45.5 Å². The molecule has 106 valence electrons. The van der Waals surface area contributed by atoms with Gasteiger partial charge in [0.15, 0.2) is 0 Å². The summed E-state index contributed by atoms with van der Waals surface area (Å²) in [6.07, 6.45) is 0. The fourth-order valence-electron chi connectivity index (χ4n) is 2.64. The molecule has 0 radical (unpaired) electrons. The van der Waals surface area contributed by atoms with Gasteiger partial charge in [0, 0.05) is 18.4 Å². The third-order valence-corrected chi connectivity index (χ3v) is 4.16. The average Bonchev–Trinajstić information content (AvgIpc) is 2.77. The lowest BCUT2D eigenvalue weighted by Gasteiger charge is -2.33. The largest absolute Gasteiger partial charge is 0.459 e. The van der Waals surface area contributed by atoms with Crippen LogP contribution in [0.1, 0.15) is 12.7 Å². The van der Waals surface area contributed by atoms with Gasteiger partial charge in [0.1, 0.15) is 11.3 Å². The van der Waals surface area contributed by atoms with Crippen LogP contribution in [0.15, 0.2) is 34.7 Å². The van der Waals surface area contributed by atoms with Gasteiger partial charge in [-0.05, 0) is 31.1 Å². The lowest BCUT2D eigenvalue weighted by Crippen LogP contribution is -2.49. The van der Waals surface area contributed by atoms with E-state index in [1.807, 2.05) is 44.3 Å². The van der Waals surface area contributed by atoms with Gasteiger partial charge < -0.3 is 14.6 Å². The second-order valence-electron chi connectivity index (χ2n) is 5.65. The number of furan rings is 1. The Hall–Kier alpha value is -1.81. The van der Waals surface area contributed by atoms with Crippen LogP contribution in [0.2, 0.25) is 0 Å². The zero-order valence-electron chi connectivity index (χ0n) is 11.9. The number of carbonyl (C=O) groups excluding carboxylic acids is 1. The van der Waals surface area contributed by atoms with E-state index >= 15 is 0 Å². The highest BCUT2D eigenvalue weighted by Crippen LogP contribution is 2.22. The van der Waals surface area contributed by atoms with Crippen molar-refractivity contribution in [2.75, 3.05) is 20.1 Å². The molecule has 1 atom stereocenters. The second kappa shape index (κ2) is 5.29. The number of amides is 1. The molecule has 1 aliphatic heterocycles. The Bertz CT molecular complexity index is 583. The summed E-state index contributed by atoms with van der Waals surface area (Å²) in [5.74, 6) is 1.57. The zero-order chi connectivity index (χ0) is 14.1. The number of hydrogen-bond donors (Lipinski definition) is 1. The highest BCUT2D eigenvalue weighted by molar-refractivity contribution is 5.80. The van der Waals surface area contributed by atoms with Crippen molar-refractivity contribution >= 4 is 16.9 Å². The normalized spacial score (nSPS) is 16.9. The molecule has 0 bridgehead atoms. The molecule has 4 heteroatoms. The number of nitrogens with one attached hydrogen (secondary N) is 1. The maximum atomic E-state index is 12.4. The molecule has 1 unspecified atom stereocenters. The predicted molar refractivity (Wildman–Crippen MR) is 78.2 cm³/mol. The minimum Gasteiger partial charge on any atom is -0.459 e. The van der Waals surface area contributed by atoms with Crippen molar-refractivity contribution in [2.24, 2.45) is 11.8 Å². The van der Waals surface area contributed by atoms with Crippen LogP contribution >= 0.6 is 0 Å². The highest BCUT2D eigenvalue weighted by atomic mass is 16.3. The number of hydrogen-bond acceptors (Lipinski definition) is 3. The monoisotopic (exact) mass is 272 g/mol. The van der Waals surface area contributed by atoms with Crippen molar-refractivity contribution in [3.63, 3.8) is 0 Å². The van der Waals surface area contributed by atoms with E-state index < -0.39 is 0 Å². The molecule has 0 saturated carbocycles. The summed E-state index contributed by atoms with van der Waals surface area (Å²) in [7, 11) is 1.85. The van der Waals surface area contributed by atoms with Gasteiger partial charge in [0.2, 0.25) is 5.91 Å². The van der Waals surface area contributed by atoms with E-state index in [9.17, 15) is 4.79 Å².